The number of aryl methyl sites for hydroxylation is 1. The number of carbonyl (C=O) groups is 1. The molecule has 21 heavy (non-hydrogen) atoms. The first-order valence-corrected chi connectivity index (χ1v) is 6.02. The molecule has 0 fully saturated rings. The van der Waals surface area contributed by atoms with Gasteiger partial charge in [0.1, 0.15) is 22.5 Å². The third-order valence-electron chi connectivity index (χ3n) is 2.65. The first-order chi connectivity index (χ1) is 9.54. The molecular formula is C13H13F3N2O3. The number of halogens is 3. The van der Waals surface area contributed by atoms with Crippen LogP contribution in [0.25, 0.3) is 11.0 Å². The summed E-state index contributed by atoms with van der Waals surface area (Å²) in [6.45, 7) is 6.08. The predicted octanol–water partition coefficient (Wildman–Crippen LogP) is 3.25. The topological polar surface area (TPSA) is 64.4 Å². The molecule has 1 N–H and O–H groups in total. The Hall–Kier alpha value is -2.25. The van der Waals surface area contributed by atoms with Gasteiger partial charge in [-0.2, -0.15) is 4.39 Å². The van der Waals surface area contributed by atoms with E-state index in [4.69, 9.17) is 4.74 Å². The van der Waals surface area contributed by atoms with Gasteiger partial charge in [0.2, 0.25) is 5.82 Å². The van der Waals surface area contributed by atoms with Gasteiger partial charge in [-0.3, -0.25) is 0 Å². The molecule has 0 unspecified atom stereocenters. The van der Waals surface area contributed by atoms with Crippen molar-refractivity contribution in [1.82, 2.24) is 9.55 Å². The van der Waals surface area contributed by atoms with Gasteiger partial charge in [0, 0.05) is 0 Å². The lowest BCUT2D eigenvalue weighted by molar-refractivity contribution is 0.0539. The van der Waals surface area contributed by atoms with Gasteiger partial charge >= 0.3 is 6.09 Å². The molecule has 0 spiro atoms. The van der Waals surface area contributed by atoms with Crippen molar-refractivity contribution >= 4 is 17.1 Å². The number of rotatable bonds is 0. The van der Waals surface area contributed by atoms with Gasteiger partial charge in [0.05, 0.1) is 0 Å². The van der Waals surface area contributed by atoms with E-state index in [0.717, 1.165) is 0 Å². The van der Waals surface area contributed by atoms with Crippen LogP contribution in [0.2, 0.25) is 0 Å². The fourth-order valence-electron chi connectivity index (χ4n) is 1.83. The van der Waals surface area contributed by atoms with Crippen molar-refractivity contribution < 1.29 is 27.8 Å². The molecule has 0 radical (unpaired) electrons. The summed E-state index contributed by atoms with van der Waals surface area (Å²) in [5.74, 6) is -6.37. The van der Waals surface area contributed by atoms with E-state index in [1.165, 1.54) is 6.92 Å². The minimum atomic E-state index is -1.76. The quantitative estimate of drug-likeness (QED) is 0.759. The highest BCUT2D eigenvalue weighted by atomic mass is 19.2. The van der Waals surface area contributed by atoms with E-state index in [-0.39, 0.29) is 5.82 Å². The molecule has 1 heterocycles. The number of phenols is 1. The van der Waals surface area contributed by atoms with Crippen LogP contribution in [0.15, 0.2) is 0 Å². The molecule has 2 rings (SSSR count). The van der Waals surface area contributed by atoms with Crippen LogP contribution in [0, 0.1) is 24.4 Å². The highest BCUT2D eigenvalue weighted by Crippen LogP contribution is 2.32. The number of fused-ring (bicyclic) bond motifs is 1. The number of nitrogens with zero attached hydrogens (tertiary/aromatic N) is 2. The normalized spacial score (nSPS) is 12.0. The van der Waals surface area contributed by atoms with E-state index in [1.54, 1.807) is 20.8 Å². The zero-order valence-corrected chi connectivity index (χ0v) is 11.8. The maximum absolute atomic E-state index is 14.0. The van der Waals surface area contributed by atoms with Crippen molar-refractivity contribution in [1.29, 1.82) is 0 Å². The Labute approximate surface area is 118 Å². The molecular weight excluding hydrogens is 289 g/mol. The Balaban J connectivity index is 2.77. The van der Waals surface area contributed by atoms with E-state index < -0.39 is 45.9 Å². The van der Waals surface area contributed by atoms with Crippen molar-refractivity contribution in [2.45, 2.75) is 33.3 Å². The number of aromatic hydroxyl groups is 1. The second kappa shape index (κ2) is 4.64. The minimum absolute atomic E-state index is 0.0953. The summed E-state index contributed by atoms with van der Waals surface area (Å²) in [7, 11) is 0. The van der Waals surface area contributed by atoms with E-state index >= 15 is 0 Å². The van der Waals surface area contributed by atoms with Crippen LogP contribution in [0.4, 0.5) is 18.0 Å². The first-order valence-electron chi connectivity index (χ1n) is 6.02. The van der Waals surface area contributed by atoms with Crippen LogP contribution >= 0.6 is 0 Å². The third-order valence-corrected chi connectivity index (χ3v) is 2.65. The van der Waals surface area contributed by atoms with Crippen LogP contribution in [-0.4, -0.2) is 26.4 Å². The summed E-state index contributed by atoms with van der Waals surface area (Å²) in [5.41, 5.74) is -2.23. The smallest absolute Gasteiger partial charge is 0.420 e. The molecule has 8 heteroatoms. The van der Waals surface area contributed by atoms with Gasteiger partial charge in [-0.1, -0.05) is 0 Å². The molecule has 0 aliphatic carbocycles. The average Bonchev–Trinajstić information content (AvgIpc) is 2.69. The fraction of sp³-hybridized carbons (Fsp3) is 0.385. The molecule has 0 atom stereocenters. The molecule has 0 saturated carbocycles. The standard InChI is InChI=1S/C13H13F3N2O3/c1-5-17-9-6(14)7(15)11(19)8(16)10(9)18(5)12(20)21-13(2,3)4/h19H,1-4H3. The van der Waals surface area contributed by atoms with Crippen molar-refractivity contribution in [3.05, 3.63) is 23.3 Å². The number of hydrogen-bond acceptors (Lipinski definition) is 4. The largest absolute Gasteiger partial charge is 0.503 e. The Morgan fingerprint density at radius 3 is 2.29 bits per heavy atom. The van der Waals surface area contributed by atoms with Crippen LogP contribution in [0.3, 0.4) is 0 Å². The molecule has 0 saturated heterocycles. The summed E-state index contributed by atoms with van der Waals surface area (Å²) < 4.78 is 46.7. The van der Waals surface area contributed by atoms with E-state index in [1.807, 2.05) is 0 Å². The predicted molar refractivity (Wildman–Crippen MR) is 67.6 cm³/mol. The fourth-order valence-corrected chi connectivity index (χ4v) is 1.83. The minimum Gasteiger partial charge on any atom is -0.503 e. The number of benzene rings is 1. The lowest BCUT2D eigenvalue weighted by Gasteiger charge is -2.20. The second-order valence-electron chi connectivity index (χ2n) is 5.46. The number of carbonyl (C=O) groups excluding carboxylic acids is 1. The van der Waals surface area contributed by atoms with Crippen LogP contribution in [0.1, 0.15) is 26.6 Å². The Morgan fingerprint density at radius 2 is 1.76 bits per heavy atom. The average molecular weight is 302 g/mol. The number of phenolic OH excluding ortho intramolecular Hbond substituents is 1. The molecule has 0 amide bonds. The highest BCUT2D eigenvalue weighted by molar-refractivity contribution is 5.89. The SMILES string of the molecule is Cc1nc2c(F)c(F)c(O)c(F)c2n1C(=O)OC(C)(C)C. The lowest BCUT2D eigenvalue weighted by Crippen LogP contribution is -2.27. The summed E-state index contributed by atoms with van der Waals surface area (Å²) in [6.07, 6.45) is -1.01. The Kier molecular flexibility index (Phi) is 3.35. The van der Waals surface area contributed by atoms with Gasteiger partial charge in [-0.05, 0) is 27.7 Å². The van der Waals surface area contributed by atoms with Gasteiger partial charge in [0.25, 0.3) is 0 Å². The van der Waals surface area contributed by atoms with Crippen molar-refractivity contribution in [3.63, 3.8) is 0 Å². The summed E-state index contributed by atoms with van der Waals surface area (Å²) in [5, 5.41) is 9.25. The van der Waals surface area contributed by atoms with E-state index in [9.17, 15) is 23.1 Å². The molecule has 0 aliphatic rings. The molecule has 114 valence electrons. The van der Waals surface area contributed by atoms with E-state index in [2.05, 4.69) is 4.98 Å². The van der Waals surface area contributed by atoms with Gasteiger partial charge < -0.3 is 9.84 Å². The monoisotopic (exact) mass is 302 g/mol. The molecule has 5 nitrogen and oxygen atoms in total. The number of ether oxygens (including phenoxy) is 1. The van der Waals surface area contributed by atoms with Crippen molar-refractivity contribution in [2.75, 3.05) is 0 Å². The Bertz CT molecular complexity index is 748. The zero-order valence-electron chi connectivity index (χ0n) is 11.8. The molecule has 0 aliphatic heterocycles. The van der Waals surface area contributed by atoms with Crippen molar-refractivity contribution in [2.24, 2.45) is 0 Å². The first kappa shape index (κ1) is 15.1. The van der Waals surface area contributed by atoms with E-state index in [0.29, 0.717) is 4.57 Å². The Morgan fingerprint density at radius 1 is 1.19 bits per heavy atom. The number of aromatic nitrogens is 2. The van der Waals surface area contributed by atoms with Gasteiger partial charge in [-0.25, -0.2) is 23.1 Å². The number of hydrogen-bond donors (Lipinski definition) is 1. The van der Waals surface area contributed by atoms with Crippen LogP contribution in [-0.2, 0) is 4.74 Å². The molecule has 2 aromatic rings. The lowest BCUT2D eigenvalue weighted by atomic mass is 10.2. The van der Waals surface area contributed by atoms with Gasteiger partial charge in [0.15, 0.2) is 17.4 Å². The summed E-state index contributed by atoms with van der Waals surface area (Å²) in [6, 6.07) is 0. The maximum Gasteiger partial charge on any atom is 0.420 e. The third kappa shape index (κ3) is 2.41. The van der Waals surface area contributed by atoms with Crippen molar-refractivity contribution in [3.8, 4) is 5.75 Å². The van der Waals surface area contributed by atoms with Gasteiger partial charge in [-0.15, -0.1) is 0 Å². The summed E-state index contributed by atoms with van der Waals surface area (Å²) >= 11 is 0. The van der Waals surface area contributed by atoms with Crippen LogP contribution in [0.5, 0.6) is 5.75 Å². The molecule has 0 bridgehead atoms. The highest BCUT2D eigenvalue weighted by Gasteiger charge is 2.29. The summed E-state index contributed by atoms with van der Waals surface area (Å²) in [4.78, 5) is 15.7. The molecule has 1 aromatic carbocycles. The zero-order chi connectivity index (χ0) is 16.1. The van der Waals surface area contributed by atoms with Crippen LogP contribution < -0.4 is 0 Å². The molecule has 1 aromatic heterocycles. The number of imidazole rings is 1. The maximum atomic E-state index is 14.0. The second-order valence-corrected chi connectivity index (χ2v) is 5.46.